The van der Waals surface area contributed by atoms with Crippen molar-refractivity contribution in [3.05, 3.63) is 72.8 Å². The van der Waals surface area contributed by atoms with E-state index in [4.69, 9.17) is 14.2 Å². The van der Waals surface area contributed by atoms with Crippen LogP contribution in [0.25, 0.3) is 0 Å². The average Bonchev–Trinajstić information content (AvgIpc) is 3.32. The fraction of sp³-hybridized carbons (Fsp3) is 0.595. The zero-order chi connectivity index (χ0) is 36.5. The summed E-state index contributed by atoms with van der Waals surface area (Å²) in [6.45, 7) is 18.4. The SMILES string of the molecule is C=C1[C@@H](OC(C)=O)C[C@H]2[C@H](CCC(C)(C)[Si](O)(c3ccccc3)c3ccccc3)[C@@H]([C@@]3(C)CC[C@H](OC(C)=O)C[C@@H]3COC(C)=O)CC[C@]12C. The maximum atomic E-state index is 13.0. The third-order valence-electron chi connectivity index (χ3n) is 13.3. The number of carbonyl (C=O) groups excluding carboxylic acids is 3. The van der Waals surface area contributed by atoms with E-state index >= 15 is 0 Å². The van der Waals surface area contributed by atoms with Crippen LogP contribution < -0.4 is 10.4 Å². The molecule has 0 bridgehead atoms. The van der Waals surface area contributed by atoms with Gasteiger partial charge in [0.05, 0.1) is 6.61 Å². The molecule has 0 radical (unpaired) electrons. The predicted octanol–water partition coefficient (Wildman–Crippen LogP) is 7.14. The van der Waals surface area contributed by atoms with Gasteiger partial charge in [-0.3, -0.25) is 14.4 Å². The lowest BCUT2D eigenvalue weighted by molar-refractivity contribution is -0.161. The van der Waals surface area contributed by atoms with E-state index in [9.17, 15) is 19.2 Å². The van der Waals surface area contributed by atoms with Gasteiger partial charge in [-0.2, -0.15) is 0 Å². The third-order valence-corrected chi connectivity index (χ3v) is 17.9. The minimum Gasteiger partial charge on any atom is -0.466 e. The van der Waals surface area contributed by atoms with Crippen molar-refractivity contribution in [1.82, 2.24) is 0 Å². The first-order chi connectivity index (χ1) is 23.5. The maximum absolute atomic E-state index is 13.0. The zero-order valence-corrected chi connectivity index (χ0v) is 32.2. The Morgan fingerprint density at radius 3 is 1.96 bits per heavy atom. The second-order valence-electron chi connectivity index (χ2n) is 16.6. The zero-order valence-electron chi connectivity index (χ0n) is 31.2. The number of rotatable bonds is 11. The van der Waals surface area contributed by atoms with Gasteiger partial charge in [0, 0.05) is 26.7 Å². The van der Waals surface area contributed by atoms with Crippen LogP contribution in [0.4, 0.5) is 0 Å². The van der Waals surface area contributed by atoms with Crippen LogP contribution in [-0.2, 0) is 28.6 Å². The van der Waals surface area contributed by atoms with Gasteiger partial charge in [-0.05, 0) is 101 Å². The Kier molecular flexibility index (Phi) is 11.2. The largest absolute Gasteiger partial charge is 0.466 e. The van der Waals surface area contributed by atoms with Crippen molar-refractivity contribution in [2.45, 2.75) is 117 Å². The van der Waals surface area contributed by atoms with Crippen LogP contribution in [0, 0.1) is 34.5 Å². The molecule has 0 spiro atoms. The quantitative estimate of drug-likeness (QED) is 0.115. The highest BCUT2D eigenvalue weighted by Gasteiger charge is 2.60. The van der Waals surface area contributed by atoms with E-state index in [0.717, 1.165) is 60.9 Å². The highest BCUT2D eigenvalue weighted by Crippen LogP contribution is 2.65. The Hall–Kier alpha value is -3.23. The minimum absolute atomic E-state index is 0.0168. The van der Waals surface area contributed by atoms with Crippen LogP contribution in [0.2, 0.25) is 5.04 Å². The van der Waals surface area contributed by atoms with E-state index in [1.807, 2.05) is 36.4 Å². The molecule has 0 saturated heterocycles. The van der Waals surface area contributed by atoms with Crippen LogP contribution in [0.3, 0.4) is 0 Å². The van der Waals surface area contributed by atoms with Gasteiger partial charge in [-0.15, -0.1) is 0 Å². The highest BCUT2D eigenvalue weighted by atomic mass is 28.4. The summed E-state index contributed by atoms with van der Waals surface area (Å²) in [5.41, 5.74) is 0.643. The summed E-state index contributed by atoms with van der Waals surface area (Å²) in [4.78, 5) is 49.4. The molecule has 3 aliphatic carbocycles. The number of hydrogen-bond donors (Lipinski definition) is 1. The molecule has 3 saturated carbocycles. The van der Waals surface area contributed by atoms with Gasteiger partial charge in [0.1, 0.15) is 12.2 Å². The molecule has 0 heterocycles. The van der Waals surface area contributed by atoms with E-state index in [1.54, 1.807) is 0 Å². The molecule has 0 amide bonds. The molecule has 7 nitrogen and oxygen atoms in total. The van der Waals surface area contributed by atoms with E-state index in [1.165, 1.54) is 20.8 Å². The van der Waals surface area contributed by atoms with Gasteiger partial charge in [0.25, 0.3) is 8.32 Å². The molecule has 8 atom stereocenters. The second-order valence-corrected chi connectivity index (χ2v) is 20.5. The number of fused-ring (bicyclic) bond motifs is 1. The van der Waals surface area contributed by atoms with E-state index in [-0.39, 0.29) is 71.2 Å². The van der Waals surface area contributed by atoms with Gasteiger partial charge >= 0.3 is 17.9 Å². The van der Waals surface area contributed by atoms with Crippen LogP contribution in [0.15, 0.2) is 72.8 Å². The first kappa shape index (κ1) is 38.0. The number of ether oxygens (including phenoxy) is 3. The monoisotopic (exact) mass is 702 g/mol. The molecule has 50 heavy (non-hydrogen) atoms. The second kappa shape index (κ2) is 14.8. The van der Waals surface area contributed by atoms with Crippen molar-refractivity contribution in [2.75, 3.05) is 6.61 Å². The van der Waals surface area contributed by atoms with Crippen molar-refractivity contribution >= 4 is 36.6 Å². The first-order valence-corrected chi connectivity index (χ1v) is 20.5. The van der Waals surface area contributed by atoms with E-state index in [0.29, 0.717) is 6.42 Å². The van der Waals surface area contributed by atoms with Crippen molar-refractivity contribution in [3.63, 3.8) is 0 Å². The minimum atomic E-state index is -3.25. The Morgan fingerprint density at radius 1 is 0.840 bits per heavy atom. The molecule has 5 rings (SSSR count). The maximum Gasteiger partial charge on any atom is 0.303 e. The summed E-state index contributed by atoms with van der Waals surface area (Å²) in [6, 6.07) is 20.4. The lowest BCUT2D eigenvalue weighted by Crippen LogP contribution is -2.65. The van der Waals surface area contributed by atoms with Crippen molar-refractivity contribution < 1.29 is 33.4 Å². The smallest absolute Gasteiger partial charge is 0.303 e. The highest BCUT2D eigenvalue weighted by molar-refractivity contribution is 6.98. The molecule has 8 heteroatoms. The molecule has 0 aromatic heterocycles. The molecule has 2 aromatic rings. The van der Waals surface area contributed by atoms with Crippen LogP contribution in [0.5, 0.6) is 0 Å². The lowest BCUT2D eigenvalue weighted by atomic mass is 9.48. The van der Waals surface area contributed by atoms with Crippen LogP contribution in [0.1, 0.15) is 99.8 Å². The molecule has 2 aromatic carbocycles. The molecular formula is C42H58O7Si. The van der Waals surface area contributed by atoms with Gasteiger partial charge in [0.2, 0.25) is 0 Å². The van der Waals surface area contributed by atoms with E-state index in [2.05, 4.69) is 58.5 Å². The Bertz CT molecular complexity index is 1500. The van der Waals surface area contributed by atoms with Gasteiger partial charge in [0.15, 0.2) is 0 Å². The fourth-order valence-electron chi connectivity index (χ4n) is 10.4. The van der Waals surface area contributed by atoms with Crippen molar-refractivity contribution in [2.24, 2.45) is 34.5 Å². The standard InChI is InChI=1S/C42H58O7Si/c1-28-39(49-31(4)45)26-38-36(20-22-40(5,6)50(46,34-15-11-9-12-16-34)35-17-13-10-14-18-35)37(21-24-41(28,38)7)42(8)23-19-33(48-30(3)44)25-32(42)27-47-29(2)43/h9-18,32-33,36-39,46H,1,19-27H2,2-8H3/t32-,33+,36-,37+,38+,39+,41-,42+/m1/s1. The lowest BCUT2D eigenvalue weighted by Gasteiger charge is -2.57. The van der Waals surface area contributed by atoms with Crippen molar-refractivity contribution in [1.29, 1.82) is 0 Å². The Balaban J connectivity index is 1.55. The van der Waals surface area contributed by atoms with Crippen LogP contribution >= 0.6 is 0 Å². The summed E-state index contributed by atoms with van der Waals surface area (Å²) in [5, 5.41) is 1.58. The first-order valence-electron chi connectivity index (χ1n) is 18.5. The van der Waals surface area contributed by atoms with Crippen LogP contribution in [-0.4, -0.2) is 49.8 Å². The molecule has 0 unspecified atom stereocenters. The number of hydrogen-bond acceptors (Lipinski definition) is 7. The summed E-state index contributed by atoms with van der Waals surface area (Å²) in [7, 11) is -3.25. The average molecular weight is 703 g/mol. The number of esters is 3. The Morgan fingerprint density at radius 2 is 1.42 bits per heavy atom. The summed E-state index contributed by atoms with van der Waals surface area (Å²) < 4.78 is 17.4. The van der Waals surface area contributed by atoms with Crippen molar-refractivity contribution in [3.8, 4) is 0 Å². The normalized spacial score (nSPS) is 31.4. The summed E-state index contributed by atoms with van der Waals surface area (Å²) >= 11 is 0. The number of benzene rings is 2. The Labute approximate surface area is 300 Å². The molecule has 3 fully saturated rings. The van der Waals surface area contributed by atoms with Gasteiger partial charge in [-0.1, -0.05) is 94.9 Å². The summed E-state index contributed by atoms with van der Waals surface area (Å²) in [5.74, 6) is -0.108. The fourth-order valence-corrected chi connectivity index (χ4v) is 14.2. The molecule has 3 aliphatic rings. The van der Waals surface area contributed by atoms with Gasteiger partial charge < -0.3 is 19.0 Å². The number of carbonyl (C=O) groups is 3. The third kappa shape index (κ3) is 7.25. The topological polar surface area (TPSA) is 99.1 Å². The summed E-state index contributed by atoms with van der Waals surface area (Å²) in [6.07, 6.45) is 6.07. The molecule has 272 valence electrons. The predicted molar refractivity (Wildman–Crippen MR) is 198 cm³/mol. The molecule has 0 aliphatic heterocycles. The molecule has 1 N–H and O–H groups in total. The van der Waals surface area contributed by atoms with E-state index < -0.39 is 13.4 Å². The van der Waals surface area contributed by atoms with Gasteiger partial charge in [-0.25, -0.2) is 0 Å². The molecular weight excluding hydrogens is 645 g/mol.